The van der Waals surface area contributed by atoms with E-state index in [0.29, 0.717) is 5.82 Å². The molecule has 0 bridgehead atoms. The largest absolute Gasteiger partial charge is 0.496 e. The summed E-state index contributed by atoms with van der Waals surface area (Å²) in [6.07, 6.45) is 1.50. The van der Waals surface area contributed by atoms with E-state index in [2.05, 4.69) is 22.9 Å². The number of aryl methyl sites for hydroxylation is 2. The van der Waals surface area contributed by atoms with Crippen molar-refractivity contribution in [2.45, 2.75) is 13.5 Å². The Labute approximate surface area is 146 Å². The Morgan fingerprint density at radius 3 is 2.64 bits per heavy atom. The highest BCUT2D eigenvalue weighted by Crippen LogP contribution is 2.27. The van der Waals surface area contributed by atoms with Gasteiger partial charge in [0.2, 0.25) is 12.1 Å². The van der Waals surface area contributed by atoms with Crippen LogP contribution in [-0.4, -0.2) is 52.7 Å². The van der Waals surface area contributed by atoms with Gasteiger partial charge in [0.05, 0.1) is 7.11 Å². The maximum atomic E-state index is 11.2. The number of imidazole rings is 1. The summed E-state index contributed by atoms with van der Waals surface area (Å²) < 4.78 is 7.18. The lowest BCUT2D eigenvalue weighted by molar-refractivity contribution is -0.388. The van der Waals surface area contributed by atoms with E-state index >= 15 is 0 Å². The molecule has 0 N–H and O–H groups in total. The van der Waals surface area contributed by atoms with E-state index in [0.717, 1.165) is 38.5 Å². The van der Waals surface area contributed by atoms with Crippen LogP contribution in [0.5, 0.6) is 5.75 Å². The van der Waals surface area contributed by atoms with Crippen LogP contribution < -0.4 is 9.64 Å². The van der Waals surface area contributed by atoms with E-state index in [1.165, 1.54) is 17.5 Å². The SMILES string of the molecule is COc1ccc(C)cc1CN1CCN(c2c([N+](=O)[O-])ncn2C)CC1. The molecule has 3 rings (SSSR count). The fourth-order valence-corrected chi connectivity index (χ4v) is 3.29. The Bertz CT molecular complexity index is 766. The lowest BCUT2D eigenvalue weighted by Gasteiger charge is -2.35. The first-order chi connectivity index (χ1) is 12.0. The minimum atomic E-state index is -0.417. The van der Waals surface area contributed by atoms with Crippen LogP contribution in [0.15, 0.2) is 24.5 Å². The van der Waals surface area contributed by atoms with Gasteiger partial charge in [0.15, 0.2) is 0 Å². The van der Waals surface area contributed by atoms with E-state index in [-0.39, 0.29) is 5.82 Å². The number of hydrogen-bond acceptors (Lipinski definition) is 6. The number of ether oxygens (including phenoxy) is 1. The first-order valence-corrected chi connectivity index (χ1v) is 8.26. The highest BCUT2D eigenvalue weighted by Gasteiger charge is 2.28. The number of nitrogens with zero attached hydrogens (tertiary/aromatic N) is 5. The summed E-state index contributed by atoms with van der Waals surface area (Å²) in [6.45, 7) is 6.01. The molecule has 0 aliphatic carbocycles. The number of anilines is 1. The van der Waals surface area contributed by atoms with Crippen LogP contribution in [0.3, 0.4) is 0 Å². The van der Waals surface area contributed by atoms with Gasteiger partial charge in [0.25, 0.3) is 0 Å². The van der Waals surface area contributed by atoms with Crippen LogP contribution in [0.4, 0.5) is 11.6 Å². The van der Waals surface area contributed by atoms with Gasteiger partial charge in [-0.25, -0.2) is 0 Å². The molecule has 25 heavy (non-hydrogen) atoms. The summed E-state index contributed by atoms with van der Waals surface area (Å²) in [5.74, 6) is 1.41. The molecule has 1 fully saturated rings. The van der Waals surface area contributed by atoms with Gasteiger partial charge in [0.1, 0.15) is 5.75 Å². The summed E-state index contributed by atoms with van der Waals surface area (Å²) in [4.78, 5) is 19.0. The van der Waals surface area contributed by atoms with E-state index < -0.39 is 4.92 Å². The average molecular weight is 345 g/mol. The van der Waals surface area contributed by atoms with Gasteiger partial charge in [-0.15, -0.1) is 0 Å². The van der Waals surface area contributed by atoms with Gasteiger partial charge in [-0.1, -0.05) is 17.7 Å². The van der Waals surface area contributed by atoms with Crippen LogP contribution in [0.2, 0.25) is 0 Å². The normalized spacial score (nSPS) is 15.4. The van der Waals surface area contributed by atoms with Gasteiger partial charge in [-0.05, 0) is 22.9 Å². The topological polar surface area (TPSA) is 76.7 Å². The van der Waals surface area contributed by atoms with E-state index in [4.69, 9.17) is 4.74 Å². The summed E-state index contributed by atoms with van der Waals surface area (Å²) in [5, 5.41) is 11.2. The predicted molar refractivity (Wildman–Crippen MR) is 95.1 cm³/mol. The third kappa shape index (κ3) is 3.58. The summed E-state index contributed by atoms with van der Waals surface area (Å²) in [7, 11) is 3.48. The lowest BCUT2D eigenvalue weighted by atomic mass is 10.1. The molecule has 1 aliphatic heterocycles. The predicted octanol–water partition coefficient (Wildman–Crippen LogP) is 1.97. The molecule has 1 aliphatic rings. The van der Waals surface area contributed by atoms with Crippen LogP contribution in [0, 0.1) is 17.0 Å². The highest BCUT2D eigenvalue weighted by molar-refractivity contribution is 5.55. The zero-order valence-corrected chi connectivity index (χ0v) is 14.8. The molecule has 0 radical (unpaired) electrons. The number of piperazine rings is 1. The second-order valence-corrected chi connectivity index (χ2v) is 6.34. The van der Waals surface area contributed by atoms with E-state index in [9.17, 15) is 10.1 Å². The fraction of sp³-hybridized carbons (Fsp3) is 0.471. The van der Waals surface area contributed by atoms with E-state index in [1.54, 1.807) is 18.7 Å². The minimum Gasteiger partial charge on any atom is -0.496 e. The molecule has 8 heteroatoms. The summed E-state index contributed by atoms with van der Waals surface area (Å²) in [5.41, 5.74) is 2.38. The maximum absolute atomic E-state index is 11.2. The number of aromatic nitrogens is 2. The molecule has 0 saturated carbocycles. The van der Waals surface area contributed by atoms with Gasteiger partial charge < -0.3 is 19.8 Å². The number of nitro groups is 1. The van der Waals surface area contributed by atoms with Crippen molar-refractivity contribution in [1.82, 2.24) is 14.5 Å². The monoisotopic (exact) mass is 345 g/mol. The second-order valence-electron chi connectivity index (χ2n) is 6.34. The van der Waals surface area contributed by atoms with Crippen molar-refractivity contribution in [2.75, 3.05) is 38.2 Å². The van der Waals surface area contributed by atoms with Crippen LogP contribution in [0.25, 0.3) is 0 Å². The highest BCUT2D eigenvalue weighted by atomic mass is 16.6. The summed E-state index contributed by atoms with van der Waals surface area (Å²) in [6, 6.07) is 6.19. The quantitative estimate of drug-likeness (QED) is 0.609. The minimum absolute atomic E-state index is 0.0729. The van der Waals surface area contributed by atoms with Crippen molar-refractivity contribution in [3.8, 4) is 5.75 Å². The molecule has 2 heterocycles. The van der Waals surface area contributed by atoms with Crippen molar-refractivity contribution in [3.63, 3.8) is 0 Å². The molecule has 0 amide bonds. The molecule has 134 valence electrons. The number of benzene rings is 1. The van der Waals surface area contributed by atoms with Crippen LogP contribution >= 0.6 is 0 Å². The number of methoxy groups -OCH3 is 1. The van der Waals surface area contributed by atoms with Gasteiger partial charge in [-0.3, -0.25) is 9.47 Å². The molecule has 1 aromatic carbocycles. The maximum Gasteiger partial charge on any atom is 0.406 e. The number of rotatable bonds is 5. The lowest BCUT2D eigenvalue weighted by Crippen LogP contribution is -2.46. The standard InChI is InChI=1S/C17H23N5O3/c1-13-4-5-15(25-3)14(10-13)11-20-6-8-21(9-7-20)17-16(22(23)24)18-12-19(17)2/h4-5,10,12H,6-9,11H2,1-3H3. The van der Waals surface area contributed by atoms with Gasteiger partial charge in [0, 0.05) is 45.3 Å². The molecule has 0 unspecified atom stereocenters. The molecule has 8 nitrogen and oxygen atoms in total. The van der Waals surface area contributed by atoms with Crippen molar-refractivity contribution in [3.05, 3.63) is 45.8 Å². The molecule has 0 spiro atoms. The second kappa shape index (κ2) is 7.10. The van der Waals surface area contributed by atoms with Crippen LogP contribution in [-0.2, 0) is 13.6 Å². The number of hydrogen-bond donors (Lipinski definition) is 0. The van der Waals surface area contributed by atoms with Crippen LogP contribution in [0.1, 0.15) is 11.1 Å². The fourth-order valence-electron chi connectivity index (χ4n) is 3.29. The first kappa shape index (κ1) is 17.2. The van der Waals surface area contributed by atoms with Gasteiger partial charge in [-0.2, -0.15) is 0 Å². The average Bonchev–Trinajstić information content (AvgIpc) is 2.98. The first-order valence-electron chi connectivity index (χ1n) is 8.26. The molecule has 1 aromatic heterocycles. The van der Waals surface area contributed by atoms with Crippen molar-refractivity contribution >= 4 is 11.6 Å². The molecular formula is C17H23N5O3. The van der Waals surface area contributed by atoms with Crippen molar-refractivity contribution in [2.24, 2.45) is 7.05 Å². The zero-order valence-electron chi connectivity index (χ0n) is 14.8. The Morgan fingerprint density at radius 2 is 2.00 bits per heavy atom. The summed E-state index contributed by atoms with van der Waals surface area (Å²) >= 11 is 0. The van der Waals surface area contributed by atoms with Crippen molar-refractivity contribution < 1.29 is 9.66 Å². The molecule has 2 aromatic rings. The van der Waals surface area contributed by atoms with E-state index in [1.807, 2.05) is 17.0 Å². The Kier molecular flexibility index (Phi) is 4.89. The molecular weight excluding hydrogens is 322 g/mol. The Balaban J connectivity index is 1.68. The van der Waals surface area contributed by atoms with Crippen molar-refractivity contribution in [1.29, 1.82) is 0 Å². The van der Waals surface area contributed by atoms with Gasteiger partial charge >= 0.3 is 5.82 Å². The molecule has 0 atom stereocenters. The molecule has 1 saturated heterocycles. The Morgan fingerprint density at radius 1 is 1.28 bits per heavy atom. The third-order valence-electron chi connectivity index (χ3n) is 4.56. The zero-order chi connectivity index (χ0) is 18.0. The Hall–Kier alpha value is -2.61. The third-order valence-corrected chi connectivity index (χ3v) is 4.56. The smallest absolute Gasteiger partial charge is 0.406 e.